The molecular weight excluding hydrogens is 272 g/mol. The molecule has 1 aliphatic rings. The molecule has 21 heavy (non-hydrogen) atoms. The highest BCUT2D eigenvalue weighted by Crippen LogP contribution is 2.33. The van der Waals surface area contributed by atoms with E-state index in [4.69, 9.17) is 5.11 Å². The van der Waals surface area contributed by atoms with Crippen LogP contribution in [0.4, 0.5) is 5.82 Å². The zero-order chi connectivity index (χ0) is 15.6. The molecule has 110 valence electrons. The number of carboxylic acids is 1. The smallest absolute Gasteiger partial charge is 0.328 e. The number of hydrogen-bond acceptors (Lipinski definition) is 4. The van der Waals surface area contributed by atoms with Crippen molar-refractivity contribution in [2.24, 2.45) is 5.41 Å². The van der Waals surface area contributed by atoms with E-state index in [2.05, 4.69) is 4.98 Å². The lowest BCUT2D eigenvalue weighted by molar-refractivity contribution is -0.133. The van der Waals surface area contributed by atoms with Gasteiger partial charge in [-0.2, -0.15) is 0 Å². The highest BCUT2D eigenvalue weighted by atomic mass is 16.4. The van der Waals surface area contributed by atoms with Crippen LogP contribution in [-0.4, -0.2) is 27.9 Å². The number of imide groups is 1. The van der Waals surface area contributed by atoms with Crippen LogP contribution in [0.1, 0.15) is 32.3 Å². The number of piperidine rings is 1. The minimum Gasteiger partial charge on any atom is -0.478 e. The molecule has 0 spiro atoms. The predicted molar refractivity (Wildman–Crippen MR) is 76.4 cm³/mol. The van der Waals surface area contributed by atoms with Crippen LogP contribution in [0.3, 0.4) is 0 Å². The first-order valence-corrected chi connectivity index (χ1v) is 6.51. The molecule has 1 aromatic rings. The second-order valence-corrected chi connectivity index (χ2v) is 5.76. The Balaban J connectivity index is 2.30. The van der Waals surface area contributed by atoms with Gasteiger partial charge in [0.05, 0.1) is 0 Å². The fourth-order valence-electron chi connectivity index (χ4n) is 2.26. The molecule has 1 N–H and O–H groups in total. The average Bonchev–Trinajstić information content (AvgIpc) is 2.34. The summed E-state index contributed by atoms with van der Waals surface area (Å²) in [4.78, 5) is 39.9. The lowest BCUT2D eigenvalue weighted by Gasteiger charge is -2.34. The van der Waals surface area contributed by atoms with Crippen molar-refractivity contribution in [3.05, 3.63) is 30.0 Å². The molecule has 0 radical (unpaired) electrons. The molecule has 2 rings (SSSR count). The molecular formula is C15H16N2O4. The molecule has 1 fully saturated rings. The maximum Gasteiger partial charge on any atom is 0.328 e. The van der Waals surface area contributed by atoms with Gasteiger partial charge >= 0.3 is 5.97 Å². The Morgan fingerprint density at radius 2 is 1.95 bits per heavy atom. The lowest BCUT2D eigenvalue weighted by atomic mass is 9.82. The molecule has 1 aromatic heterocycles. The van der Waals surface area contributed by atoms with Crippen molar-refractivity contribution in [2.45, 2.75) is 26.7 Å². The Labute approximate surface area is 122 Å². The molecule has 6 nitrogen and oxygen atoms in total. The summed E-state index contributed by atoms with van der Waals surface area (Å²) < 4.78 is 0. The van der Waals surface area contributed by atoms with Gasteiger partial charge < -0.3 is 5.11 Å². The van der Waals surface area contributed by atoms with Crippen molar-refractivity contribution in [2.75, 3.05) is 4.90 Å². The van der Waals surface area contributed by atoms with Crippen LogP contribution >= 0.6 is 0 Å². The number of nitrogens with zero attached hydrogens (tertiary/aromatic N) is 2. The van der Waals surface area contributed by atoms with E-state index in [1.165, 1.54) is 18.3 Å². The second-order valence-electron chi connectivity index (χ2n) is 5.76. The van der Waals surface area contributed by atoms with E-state index in [0.29, 0.717) is 5.56 Å². The minimum atomic E-state index is -1.07. The molecule has 1 saturated heterocycles. The summed E-state index contributed by atoms with van der Waals surface area (Å²) in [5.74, 6) is -1.42. The maximum atomic E-state index is 12.2. The van der Waals surface area contributed by atoms with E-state index in [0.717, 1.165) is 11.0 Å². The first-order valence-electron chi connectivity index (χ1n) is 6.51. The van der Waals surface area contributed by atoms with Gasteiger partial charge in [0, 0.05) is 25.1 Å². The highest BCUT2D eigenvalue weighted by molar-refractivity contribution is 6.16. The number of aromatic nitrogens is 1. The van der Waals surface area contributed by atoms with Crippen molar-refractivity contribution in [3.8, 4) is 0 Å². The number of aliphatic carboxylic acids is 1. The molecule has 1 aliphatic heterocycles. The third kappa shape index (κ3) is 3.53. The van der Waals surface area contributed by atoms with Crippen molar-refractivity contribution < 1.29 is 19.5 Å². The molecule has 0 atom stereocenters. The van der Waals surface area contributed by atoms with Crippen molar-refractivity contribution in [1.29, 1.82) is 0 Å². The molecule has 6 heteroatoms. The Morgan fingerprint density at radius 3 is 2.52 bits per heavy atom. The number of carbonyl (C=O) groups is 3. The summed E-state index contributed by atoms with van der Waals surface area (Å²) in [5, 5.41) is 8.61. The van der Waals surface area contributed by atoms with Crippen LogP contribution in [0.15, 0.2) is 24.4 Å². The molecule has 2 amide bonds. The first kappa shape index (κ1) is 14.9. The topological polar surface area (TPSA) is 87.6 Å². The number of rotatable bonds is 3. The summed E-state index contributed by atoms with van der Waals surface area (Å²) in [6.07, 6.45) is 4.36. The monoisotopic (exact) mass is 288 g/mol. The second kappa shape index (κ2) is 5.47. The van der Waals surface area contributed by atoms with Gasteiger partial charge in [0.2, 0.25) is 11.8 Å². The van der Waals surface area contributed by atoms with Gasteiger partial charge in [-0.3, -0.25) is 9.59 Å². The van der Waals surface area contributed by atoms with E-state index < -0.39 is 5.97 Å². The molecule has 0 saturated carbocycles. The third-order valence-electron chi connectivity index (χ3n) is 3.18. The van der Waals surface area contributed by atoms with Crippen LogP contribution in [0.25, 0.3) is 6.08 Å². The minimum absolute atomic E-state index is 0.230. The molecule has 0 aromatic carbocycles. The number of amides is 2. The van der Waals surface area contributed by atoms with Gasteiger partial charge in [0.25, 0.3) is 0 Å². The fourth-order valence-corrected chi connectivity index (χ4v) is 2.26. The van der Waals surface area contributed by atoms with Crippen molar-refractivity contribution >= 4 is 29.7 Å². The van der Waals surface area contributed by atoms with Gasteiger partial charge in [-0.1, -0.05) is 13.8 Å². The Morgan fingerprint density at radius 1 is 1.33 bits per heavy atom. The molecule has 0 unspecified atom stereocenters. The van der Waals surface area contributed by atoms with E-state index in [9.17, 15) is 14.4 Å². The third-order valence-corrected chi connectivity index (χ3v) is 3.18. The first-order chi connectivity index (χ1) is 9.78. The Bertz CT molecular complexity index is 614. The van der Waals surface area contributed by atoms with E-state index in [-0.39, 0.29) is 35.9 Å². The number of hydrogen-bond donors (Lipinski definition) is 1. The Hall–Kier alpha value is -2.50. The average molecular weight is 288 g/mol. The largest absolute Gasteiger partial charge is 0.478 e. The van der Waals surface area contributed by atoms with Crippen molar-refractivity contribution in [1.82, 2.24) is 4.98 Å². The van der Waals surface area contributed by atoms with Crippen LogP contribution in [0, 0.1) is 5.41 Å². The fraction of sp³-hybridized carbons (Fsp3) is 0.333. The normalized spacial score (nSPS) is 18.3. The number of carboxylic acid groups (broad SMARTS) is 1. The summed E-state index contributed by atoms with van der Waals surface area (Å²) in [6, 6.07) is 3.12. The van der Waals surface area contributed by atoms with E-state index in [1.807, 2.05) is 13.8 Å². The number of anilines is 1. The lowest BCUT2D eigenvalue weighted by Crippen LogP contribution is -2.46. The zero-order valence-electron chi connectivity index (χ0n) is 11.9. The van der Waals surface area contributed by atoms with Crippen LogP contribution in [-0.2, 0) is 14.4 Å². The molecule has 2 heterocycles. The van der Waals surface area contributed by atoms with Crippen LogP contribution in [0.5, 0.6) is 0 Å². The number of pyridine rings is 1. The Kier molecular flexibility index (Phi) is 3.88. The van der Waals surface area contributed by atoms with Gasteiger partial charge in [-0.05, 0) is 29.2 Å². The quantitative estimate of drug-likeness (QED) is 0.677. The summed E-state index contributed by atoms with van der Waals surface area (Å²) >= 11 is 0. The van der Waals surface area contributed by atoms with Crippen molar-refractivity contribution in [3.63, 3.8) is 0 Å². The highest BCUT2D eigenvalue weighted by Gasteiger charge is 2.38. The van der Waals surface area contributed by atoms with Crippen LogP contribution < -0.4 is 4.90 Å². The van der Waals surface area contributed by atoms with Crippen LogP contribution in [0.2, 0.25) is 0 Å². The number of carbonyl (C=O) groups excluding carboxylic acids is 2. The van der Waals surface area contributed by atoms with Gasteiger partial charge in [0.1, 0.15) is 5.82 Å². The standard InChI is InChI=1S/C15H16N2O4/c1-15(2)8-12(18)17(13(19)9-15)11-7-10(5-6-16-11)3-4-14(20)21/h3-7H,8-9H2,1-2H3,(H,20,21)/b4-3+. The van der Waals surface area contributed by atoms with E-state index in [1.54, 1.807) is 6.07 Å². The summed E-state index contributed by atoms with van der Waals surface area (Å²) in [5.41, 5.74) is 0.221. The van der Waals surface area contributed by atoms with Gasteiger partial charge in [0.15, 0.2) is 0 Å². The molecule has 0 bridgehead atoms. The summed E-state index contributed by atoms with van der Waals surface area (Å²) in [7, 11) is 0. The zero-order valence-corrected chi connectivity index (χ0v) is 11.9. The maximum absolute atomic E-state index is 12.2. The van der Waals surface area contributed by atoms with Gasteiger partial charge in [-0.25, -0.2) is 14.7 Å². The van der Waals surface area contributed by atoms with E-state index >= 15 is 0 Å². The molecule has 0 aliphatic carbocycles. The SMILES string of the molecule is CC1(C)CC(=O)N(c2cc(/C=C/C(=O)O)ccn2)C(=O)C1. The van der Waals surface area contributed by atoms with Gasteiger partial charge in [-0.15, -0.1) is 0 Å². The summed E-state index contributed by atoms with van der Waals surface area (Å²) in [6.45, 7) is 3.75. The predicted octanol–water partition coefficient (Wildman–Crippen LogP) is 1.86.